The summed E-state index contributed by atoms with van der Waals surface area (Å²) in [4.78, 5) is 11.8. The Bertz CT molecular complexity index is 578. The third-order valence-electron chi connectivity index (χ3n) is 3.01. The highest BCUT2D eigenvalue weighted by Crippen LogP contribution is 2.26. The number of benzene rings is 2. The highest BCUT2D eigenvalue weighted by molar-refractivity contribution is 5.90. The minimum atomic E-state index is -0.415. The number of methoxy groups -OCH3 is 1. The maximum Gasteiger partial charge on any atom is 0.335 e. The number of carbonyl (C=O) groups excluding carboxylic acids is 1. The van der Waals surface area contributed by atoms with E-state index in [9.17, 15) is 4.79 Å². The van der Waals surface area contributed by atoms with E-state index in [1.54, 1.807) is 0 Å². The van der Waals surface area contributed by atoms with Crippen LogP contribution in [0.2, 0.25) is 0 Å². The van der Waals surface area contributed by atoms with Gasteiger partial charge in [-0.05, 0) is 17.7 Å². The zero-order valence-corrected chi connectivity index (χ0v) is 11.4. The van der Waals surface area contributed by atoms with E-state index in [2.05, 4.69) is 11.9 Å². The number of hydrogen-bond acceptors (Lipinski definition) is 3. The fraction of sp³-hybridized carbons (Fsp3) is 0.118. The number of nitrogens with one attached hydrogen (secondary N) is 1. The lowest BCUT2D eigenvalue weighted by Crippen LogP contribution is -2.19. The van der Waals surface area contributed by atoms with Gasteiger partial charge in [-0.3, -0.25) is 0 Å². The van der Waals surface area contributed by atoms with Crippen molar-refractivity contribution in [2.45, 2.75) is 6.04 Å². The Hall–Kier alpha value is -2.55. The third-order valence-corrected chi connectivity index (χ3v) is 3.01. The molecule has 0 amide bonds. The van der Waals surface area contributed by atoms with Crippen LogP contribution < -0.4 is 5.32 Å². The van der Waals surface area contributed by atoms with E-state index in [-0.39, 0.29) is 6.04 Å². The molecular weight excluding hydrogens is 250 g/mol. The molecule has 3 nitrogen and oxygen atoms in total. The molecule has 0 aliphatic heterocycles. The lowest BCUT2D eigenvalue weighted by molar-refractivity contribution is -0.136. The predicted molar refractivity (Wildman–Crippen MR) is 80.4 cm³/mol. The molecule has 2 aromatic carbocycles. The maximum atomic E-state index is 11.8. The van der Waals surface area contributed by atoms with E-state index in [1.807, 2.05) is 60.7 Å². The summed E-state index contributed by atoms with van der Waals surface area (Å²) < 4.78 is 4.77. The molecule has 0 saturated heterocycles. The molecule has 0 aliphatic carbocycles. The van der Waals surface area contributed by atoms with Crippen LogP contribution in [0.5, 0.6) is 0 Å². The van der Waals surface area contributed by atoms with Crippen LogP contribution in [-0.4, -0.2) is 13.1 Å². The molecule has 0 aliphatic rings. The average molecular weight is 267 g/mol. The molecule has 20 heavy (non-hydrogen) atoms. The minimum Gasteiger partial charge on any atom is -0.466 e. The summed E-state index contributed by atoms with van der Waals surface area (Å²) >= 11 is 0. The van der Waals surface area contributed by atoms with Crippen molar-refractivity contribution in [1.29, 1.82) is 0 Å². The standard InChI is InChI=1S/C17H17NO2/c1-13(17(19)20-2)16(14-9-5-3-6-10-14)18-15-11-7-4-8-12-15/h3-12,16,18H,1H2,2H3/t16-/m0/s1. The average Bonchev–Trinajstić information content (AvgIpc) is 2.53. The van der Waals surface area contributed by atoms with Gasteiger partial charge in [-0.25, -0.2) is 4.79 Å². The van der Waals surface area contributed by atoms with Gasteiger partial charge in [-0.1, -0.05) is 55.1 Å². The monoisotopic (exact) mass is 267 g/mol. The molecule has 0 radical (unpaired) electrons. The highest BCUT2D eigenvalue weighted by Gasteiger charge is 2.21. The van der Waals surface area contributed by atoms with Crippen molar-refractivity contribution in [2.24, 2.45) is 0 Å². The summed E-state index contributed by atoms with van der Waals surface area (Å²) in [6, 6.07) is 19.1. The lowest BCUT2D eigenvalue weighted by Gasteiger charge is -2.21. The van der Waals surface area contributed by atoms with Gasteiger partial charge in [0.15, 0.2) is 0 Å². The van der Waals surface area contributed by atoms with Crippen molar-refractivity contribution < 1.29 is 9.53 Å². The van der Waals surface area contributed by atoms with Crippen molar-refractivity contribution in [2.75, 3.05) is 12.4 Å². The first kappa shape index (κ1) is 13.9. The van der Waals surface area contributed by atoms with Crippen molar-refractivity contribution >= 4 is 11.7 Å². The molecule has 1 N–H and O–H groups in total. The zero-order valence-electron chi connectivity index (χ0n) is 11.4. The summed E-state index contributed by atoms with van der Waals surface area (Å²) in [6.45, 7) is 3.86. The minimum absolute atomic E-state index is 0.314. The van der Waals surface area contributed by atoms with E-state index in [4.69, 9.17) is 4.74 Å². The molecular formula is C17H17NO2. The molecule has 3 heteroatoms. The van der Waals surface area contributed by atoms with Crippen LogP contribution in [-0.2, 0) is 9.53 Å². The van der Waals surface area contributed by atoms with Gasteiger partial charge < -0.3 is 10.1 Å². The Balaban J connectivity index is 2.30. The Morgan fingerprint density at radius 1 is 1.05 bits per heavy atom. The molecule has 2 rings (SSSR count). The maximum absolute atomic E-state index is 11.8. The Kier molecular flexibility index (Phi) is 4.56. The van der Waals surface area contributed by atoms with Crippen LogP contribution in [0.4, 0.5) is 5.69 Å². The van der Waals surface area contributed by atoms with Crippen LogP contribution in [0.3, 0.4) is 0 Å². The van der Waals surface area contributed by atoms with Gasteiger partial charge in [-0.2, -0.15) is 0 Å². The lowest BCUT2D eigenvalue weighted by atomic mass is 9.99. The summed E-state index contributed by atoms with van der Waals surface area (Å²) in [5, 5.41) is 3.31. The van der Waals surface area contributed by atoms with Crippen LogP contribution in [0, 0.1) is 0 Å². The topological polar surface area (TPSA) is 38.3 Å². The van der Waals surface area contributed by atoms with Crippen molar-refractivity contribution in [3.8, 4) is 0 Å². The zero-order chi connectivity index (χ0) is 14.4. The molecule has 0 spiro atoms. The Morgan fingerprint density at radius 2 is 1.60 bits per heavy atom. The summed E-state index contributed by atoms with van der Waals surface area (Å²) in [7, 11) is 1.36. The quantitative estimate of drug-likeness (QED) is 0.665. The van der Waals surface area contributed by atoms with E-state index in [0.29, 0.717) is 5.57 Å². The van der Waals surface area contributed by atoms with Gasteiger partial charge in [-0.15, -0.1) is 0 Å². The Labute approximate surface area is 118 Å². The van der Waals surface area contributed by atoms with Gasteiger partial charge in [0.2, 0.25) is 0 Å². The van der Waals surface area contributed by atoms with Crippen LogP contribution in [0.1, 0.15) is 11.6 Å². The fourth-order valence-corrected chi connectivity index (χ4v) is 1.97. The SMILES string of the molecule is C=C(C(=O)OC)[C@H](Nc1ccccc1)c1ccccc1. The first-order valence-corrected chi connectivity index (χ1v) is 6.36. The first-order valence-electron chi connectivity index (χ1n) is 6.36. The second-order valence-electron chi connectivity index (χ2n) is 4.37. The molecule has 0 fully saturated rings. The molecule has 2 aromatic rings. The largest absolute Gasteiger partial charge is 0.466 e. The number of hydrogen-bond donors (Lipinski definition) is 1. The van der Waals surface area contributed by atoms with E-state index in [0.717, 1.165) is 11.3 Å². The van der Waals surface area contributed by atoms with Crippen LogP contribution in [0.15, 0.2) is 72.8 Å². The second kappa shape index (κ2) is 6.57. The van der Waals surface area contributed by atoms with Crippen molar-refractivity contribution in [3.05, 3.63) is 78.4 Å². The molecule has 0 bridgehead atoms. The smallest absolute Gasteiger partial charge is 0.335 e. The fourth-order valence-electron chi connectivity index (χ4n) is 1.97. The van der Waals surface area contributed by atoms with Gasteiger partial charge in [0, 0.05) is 5.69 Å². The highest BCUT2D eigenvalue weighted by atomic mass is 16.5. The second-order valence-corrected chi connectivity index (χ2v) is 4.37. The molecule has 0 heterocycles. The van der Waals surface area contributed by atoms with Gasteiger partial charge in [0.25, 0.3) is 0 Å². The third kappa shape index (κ3) is 3.26. The van der Waals surface area contributed by atoms with Gasteiger partial charge in [0.05, 0.1) is 18.7 Å². The summed E-state index contributed by atoms with van der Waals surface area (Å²) in [5.41, 5.74) is 2.26. The predicted octanol–water partition coefficient (Wildman–Crippen LogP) is 3.57. The molecule has 1 atom stereocenters. The number of ether oxygens (including phenoxy) is 1. The van der Waals surface area contributed by atoms with Crippen molar-refractivity contribution in [1.82, 2.24) is 0 Å². The summed E-state index contributed by atoms with van der Waals surface area (Å²) in [5.74, 6) is -0.415. The number of para-hydroxylation sites is 1. The van der Waals surface area contributed by atoms with E-state index >= 15 is 0 Å². The van der Waals surface area contributed by atoms with E-state index in [1.165, 1.54) is 7.11 Å². The number of anilines is 1. The first-order chi connectivity index (χ1) is 9.72. The van der Waals surface area contributed by atoms with Crippen molar-refractivity contribution in [3.63, 3.8) is 0 Å². The number of carbonyl (C=O) groups is 1. The normalized spacial score (nSPS) is 11.4. The molecule has 0 unspecified atom stereocenters. The summed E-state index contributed by atoms with van der Waals surface area (Å²) in [6.07, 6.45) is 0. The molecule has 0 aromatic heterocycles. The molecule has 102 valence electrons. The Morgan fingerprint density at radius 3 is 2.15 bits per heavy atom. The van der Waals surface area contributed by atoms with Gasteiger partial charge in [0.1, 0.15) is 0 Å². The van der Waals surface area contributed by atoms with Gasteiger partial charge >= 0.3 is 5.97 Å². The number of rotatable bonds is 5. The number of esters is 1. The van der Waals surface area contributed by atoms with Crippen LogP contribution >= 0.6 is 0 Å². The molecule has 0 saturated carbocycles. The van der Waals surface area contributed by atoms with Crippen LogP contribution in [0.25, 0.3) is 0 Å². The van der Waals surface area contributed by atoms with E-state index < -0.39 is 5.97 Å².